The van der Waals surface area contributed by atoms with Crippen molar-refractivity contribution >= 4 is 21.1 Å². The van der Waals surface area contributed by atoms with E-state index in [2.05, 4.69) is 24.4 Å². The predicted molar refractivity (Wildman–Crippen MR) is 48.6 cm³/mol. The van der Waals surface area contributed by atoms with E-state index in [0.29, 0.717) is 0 Å². The highest BCUT2D eigenvalue weighted by molar-refractivity contribution is 7.87. The molecule has 56 valence electrons. The first-order chi connectivity index (χ1) is 4.55. The third-order valence-electron chi connectivity index (χ3n) is 1.51. The predicted octanol–water partition coefficient (Wildman–Crippen LogP) is 1.99. The second kappa shape index (κ2) is 2.58. The first-order valence-corrected chi connectivity index (χ1v) is 8.74. The Bertz CT molecular complexity index is 186. The number of rotatable bonds is 2. The summed E-state index contributed by atoms with van der Waals surface area (Å²) in [7, 11) is -1.20. The Morgan fingerprint density at radius 1 is 1.40 bits per heavy atom. The highest BCUT2D eigenvalue weighted by Crippen LogP contribution is 2.53. The van der Waals surface area contributed by atoms with Gasteiger partial charge in [0.25, 0.3) is 5.08 Å². The zero-order chi connectivity index (χ0) is 7.78. The molecule has 10 heavy (non-hydrogen) atoms. The third-order valence-corrected chi connectivity index (χ3v) is 7.50. The van der Waals surface area contributed by atoms with Crippen molar-refractivity contribution in [3.8, 4) is 0 Å². The van der Waals surface area contributed by atoms with Crippen molar-refractivity contribution in [3.63, 3.8) is 0 Å². The monoisotopic (exact) mass is 172 g/mol. The molecule has 0 aromatic heterocycles. The summed E-state index contributed by atoms with van der Waals surface area (Å²) in [5, 5.41) is 1.17. The van der Waals surface area contributed by atoms with Crippen molar-refractivity contribution in [2.45, 2.75) is 19.6 Å². The van der Waals surface area contributed by atoms with Crippen LogP contribution in [0.2, 0.25) is 19.6 Å². The molecular formula is C6H13N2PSi. The van der Waals surface area contributed by atoms with Crippen molar-refractivity contribution in [1.82, 2.24) is 0 Å². The number of hydrogen-bond donors (Lipinski definition) is 0. The Morgan fingerprint density at radius 3 is 2.00 bits per heavy atom. The second-order valence-corrected chi connectivity index (χ2v) is 11.5. The standard InChI is InChI=1S/C6H13N2PSi/c1-10(2,3)6(8-7)9-4-5-9/h4-5H2,1-3H3. The molecule has 0 amide bonds. The van der Waals surface area contributed by atoms with Gasteiger partial charge >= 0.3 is 0 Å². The average molecular weight is 172 g/mol. The van der Waals surface area contributed by atoms with E-state index < -0.39 is 8.07 Å². The lowest BCUT2D eigenvalue weighted by Gasteiger charge is -2.07. The van der Waals surface area contributed by atoms with Crippen LogP contribution < -0.4 is 0 Å². The van der Waals surface area contributed by atoms with Gasteiger partial charge < -0.3 is 5.53 Å². The number of hydrogen-bond acceptors (Lipinski definition) is 0. The van der Waals surface area contributed by atoms with E-state index in [1.54, 1.807) is 0 Å². The molecule has 1 fully saturated rings. The van der Waals surface area contributed by atoms with Crippen LogP contribution in [0.25, 0.3) is 5.53 Å². The van der Waals surface area contributed by atoms with Gasteiger partial charge in [-0.05, 0) is 12.3 Å². The van der Waals surface area contributed by atoms with Crippen molar-refractivity contribution in [2.24, 2.45) is 0 Å². The molecule has 0 atom stereocenters. The van der Waals surface area contributed by atoms with Crippen LogP contribution in [-0.4, -0.2) is 30.3 Å². The molecule has 1 heterocycles. The Kier molecular flexibility index (Phi) is 2.09. The molecule has 0 bridgehead atoms. The van der Waals surface area contributed by atoms with Gasteiger partial charge in [-0.15, -0.1) is 0 Å². The first kappa shape index (κ1) is 8.13. The first-order valence-electron chi connectivity index (χ1n) is 3.53. The van der Waals surface area contributed by atoms with Crippen LogP contribution in [0.3, 0.4) is 0 Å². The molecule has 0 aromatic carbocycles. The molecule has 1 aliphatic heterocycles. The smallest absolute Gasteiger partial charge is 0.254 e. The fraction of sp³-hybridized carbons (Fsp3) is 0.833. The van der Waals surface area contributed by atoms with E-state index in [9.17, 15) is 0 Å². The molecule has 2 nitrogen and oxygen atoms in total. The van der Waals surface area contributed by atoms with Crippen LogP contribution in [0.15, 0.2) is 0 Å². The lowest BCUT2D eigenvalue weighted by Crippen LogP contribution is -2.31. The Balaban J connectivity index is 2.75. The zero-order valence-corrected chi connectivity index (χ0v) is 8.65. The van der Waals surface area contributed by atoms with Crippen molar-refractivity contribution in [2.75, 3.05) is 12.3 Å². The summed E-state index contributed by atoms with van der Waals surface area (Å²) < 4.78 is 0. The molecule has 1 rings (SSSR count). The van der Waals surface area contributed by atoms with E-state index in [-0.39, 0.29) is 7.92 Å². The maximum absolute atomic E-state index is 8.71. The van der Waals surface area contributed by atoms with E-state index >= 15 is 0 Å². The lowest BCUT2D eigenvalue weighted by atomic mass is 11.0. The Labute approximate surface area is 64.0 Å². The van der Waals surface area contributed by atoms with E-state index in [4.69, 9.17) is 5.53 Å². The molecule has 0 radical (unpaired) electrons. The molecule has 0 N–H and O–H groups in total. The molecule has 0 spiro atoms. The fourth-order valence-electron chi connectivity index (χ4n) is 0.949. The largest absolute Gasteiger partial charge is 0.362 e. The topological polar surface area (TPSA) is 36.4 Å². The van der Waals surface area contributed by atoms with Crippen LogP contribution in [0, 0.1) is 0 Å². The van der Waals surface area contributed by atoms with Gasteiger partial charge in [0.15, 0.2) is 8.07 Å². The minimum atomic E-state index is -1.26. The van der Waals surface area contributed by atoms with Crippen molar-refractivity contribution < 1.29 is 4.79 Å². The maximum atomic E-state index is 8.71. The Morgan fingerprint density at radius 2 is 1.90 bits per heavy atom. The highest BCUT2D eigenvalue weighted by atomic mass is 31.1. The quantitative estimate of drug-likeness (QED) is 0.201. The normalized spacial score (nSPS) is 18.3. The minimum Gasteiger partial charge on any atom is -0.362 e. The van der Waals surface area contributed by atoms with Crippen molar-refractivity contribution in [3.05, 3.63) is 5.53 Å². The minimum absolute atomic E-state index is 0.0597. The third kappa shape index (κ3) is 1.76. The van der Waals surface area contributed by atoms with Crippen LogP contribution >= 0.6 is 7.92 Å². The van der Waals surface area contributed by atoms with E-state index in [1.165, 1.54) is 17.4 Å². The van der Waals surface area contributed by atoms with Crippen LogP contribution in [0.4, 0.5) is 0 Å². The highest BCUT2D eigenvalue weighted by Gasteiger charge is 2.42. The van der Waals surface area contributed by atoms with Gasteiger partial charge in [-0.2, -0.15) is 4.79 Å². The van der Waals surface area contributed by atoms with Gasteiger partial charge in [0, 0.05) is 7.92 Å². The SMILES string of the molecule is C[Si](C)(C)C(=[N+]=[N-])P1CC1. The summed E-state index contributed by atoms with van der Waals surface area (Å²) in [5.41, 5.74) is 8.71. The molecule has 0 aliphatic carbocycles. The second-order valence-electron chi connectivity index (χ2n) is 3.66. The lowest BCUT2D eigenvalue weighted by molar-refractivity contribution is 0.00352. The fourth-order valence-corrected chi connectivity index (χ4v) is 6.67. The van der Waals surface area contributed by atoms with Crippen LogP contribution in [0.1, 0.15) is 0 Å². The number of nitrogens with zero attached hydrogens (tertiary/aromatic N) is 2. The van der Waals surface area contributed by atoms with Crippen molar-refractivity contribution in [1.29, 1.82) is 0 Å². The van der Waals surface area contributed by atoms with Crippen LogP contribution in [-0.2, 0) is 0 Å². The van der Waals surface area contributed by atoms with Gasteiger partial charge in [-0.25, -0.2) is 0 Å². The van der Waals surface area contributed by atoms with Gasteiger partial charge in [-0.1, -0.05) is 19.6 Å². The maximum Gasteiger partial charge on any atom is 0.254 e. The molecule has 0 saturated carbocycles. The molecule has 0 unspecified atom stereocenters. The van der Waals surface area contributed by atoms with Gasteiger partial charge in [-0.3, -0.25) is 0 Å². The molecule has 1 aliphatic rings. The van der Waals surface area contributed by atoms with Gasteiger partial charge in [0.1, 0.15) is 0 Å². The van der Waals surface area contributed by atoms with Gasteiger partial charge in [0.2, 0.25) is 0 Å². The summed E-state index contributed by atoms with van der Waals surface area (Å²) in [4.78, 5) is 3.43. The van der Waals surface area contributed by atoms with E-state index in [0.717, 1.165) is 0 Å². The molecular weight excluding hydrogens is 159 g/mol. The molecule has 1 saturated heterocycles. The summed E-state index contributed by atoms with van der Waals surface area (Å²) in [6.45, 7) is 6.72. The molecule has 0 aromatic rings. The van der Waals surface area contributed by atoms with Gasteiger partial charge in [0.05, 0.1) is 0 Å². The summed E-state index contributed by atoms with van der Waals surface area (Å²) >= 11 is 0. The summed E-state index contributed by atoms with van der Waals surface area (Å²) in [5.74, 6) is 0. The zero-order valence-electron chi connectivity index (χ0n) is 6.76. The Hall–Kier alpha value is 0.0269. The summed E-state index contributed by atoms with van der Waals surface area (Å²) in [6.07, 6.45) is 2.61. The van der Waals surface area contributed by atoms with Crippen LogP contribution in [0.5, 0.6) is 0 Å². The van der Waals surface area contributed by atoms with E-state index in [1.807, 2.05) is 0 Å². The average Bonchev–Trinajstić information content (AvgIpc) is 2.46. The molecule has 4 heteroatoms. The summed E-state index contributed by atoms with van der Waals surface area (Å²) in [6, 6.07) is 0.